The van der Waals surface area contributed by atoms with Crippen LogP contribution in [0.4, 0.5) is 14.9 Å². The SMILES string of the molecule is CCOCc1c(-c2ccc(F)cc2)nc2c3cc(NC(=O)OC)ccc3ccn12. The van der Waals surface area contributed by atoms with Crippen molar-refractivity contribution >= 4 is 28.2 Å². The van der Waals surface area contributed by atoms with Crippen molar-refractivity contribution in [3.8, 4) is 11.3 Å². The molecule has 6 nitrogen and oxygen atoms in total. The van der Waals surface area contributed by atoms with Gasteiger partial charge in [0, 0.05) is 29.4 Å². The Morgan fingerprint density at radius 3 is 2.69 bits per heavy atom. The third-order valence-corrected chi connectivity index (χ3v) is 4.70. The van der Waals surface area contributed by atoms with Crippen molar-refractivity contribution in [1.82, 2.24) is 9.38 Å². The fourth-order valence-corrected chi connectivity index (χ4v) is 3.29. The van der Waals surface area contributed by atoms with E-state index in [1.54, 1.807) is 18.2 Å². The molecule has 0 unspecified atom stereocenters. The van der Waals surface area contributed by atoms with Crippen LogP contribution in [0, 0.1) is 5.82 Å². The molecule has 2 heterocycles. The van der Waals surface area contributed by atoms with Crippen molar-refractivity contribution in [2.45, 2.75) is 13.5 Å². The second-order valence-electron chi connectivity index (χ2n) is 6.48. The number of anilines is 1. The Morgan fingerprint density at radius 2 is 1.97 bits per heavy atom. The summed E-state index contributed by atoms with van der Waals surface area (Å²) in [5.74, 6) is -0.298. The van der Waals surface area contributed by atoms with E-state index in [1.165, 1.54) is 19.2 Å². The molecule has 0 saturated carbocycles. The van der Waals surface area contributed by atoms with Crippen LogP contribution < -0.4 is 5.32 Å². The van der Waals surface area contributed by atoms with Gasteiger partial charge in [-0.3, -0.25) is 5.32 Å². The lowest BCUT2D eigenvalue weighted by Crippen LogP contribution is -2.10. The van der Waals surface area contributed by atoms with E-state index in [0.29, 0.717) is 18.9 Å². The van der Waals surface area contributed by atoms with Crippen molar-refractivity contribution in [3.05, 3.63) is 66.2 Å². The van der Waals surface area contributed by atoms with Crippen molar-refractivity contribution in [3.63, 3.8) is 0 Å². The van der Waals surface area contributed by atoms with Crippen molar-refractivity contribution in [2.75, 3.05) is 19.0 Å². The first-order valence-electron chi connectivity index (χ1n) is 9.23. The second kappa shape index (κ2) is 7.89. The zero-order chi connectivity index (χ0) is 20.4. The molecule has 2 aromatic heterocycles. The van der Waals surface area contributed by atoms with E-state index >= 15 is 0 Å². The monoisotopic (exact) mass is 393 g/mol. The molecule has 1 N–H and O–H groups in total. The Labute approximate surface area is 166 Å². The summed E-state index contributed by atoms with van der Waals surface area (Å²) in [5.41, 5.74) is 3.75. The van der Waals surface area contributed by atoms with Gasteiger partial charge in [-0.05, 0) is 54.8 Å². The predicted octanol–water partition coefficient (Wildman–Crippen LogP) is 5.01. The number of rotatable bonds is 5. The summed E-state index contributed by atoms with van der Waals surface area (Å²) in [4.78, 5) is 16.4. The van der Waals surface area contributed by atoms with Gasteiger partial charge in [-0.25, -0.2) is 14.2 Å². The molecule has 0 spiro atoms. The Morgan fingerprint density at radius 1 is 1.17 bits per heavy atom. The average molecular weight is 393 g/mol. The minimum absolute atomic E-state index is 0.298. The van der Waals surface area contributed by atoms with Crippen LogP contribution in [0.2, 0.25) is 0 Å². The number of carbonyl (C=O) groups is 1. The van der Waals surface area contributed by atoms with E-state index < -0.39 is 6.09 Å². The molecule has 4 aromatic rings. The second-order valence-corrected chi connectivity index (χ2v) is 6.48. The van der Waals surface area contributed by atoms with E-state index in [2.05, 4.69) is 10.1 Å². The maximum Gasteiger partial charge on any atom is 0.411 e. The van der Waals surface area contributed by atoms with Crippen molar-refractivity contribution in [2.24, 2.45) is 0 Å². The number of pyridine rings is 1. The van der Waals surface area contributed by atoms with Gasteiger partial charge in [0.15, 0.2) is 0 Å². The zero-order valence-electron chi connectivity index (χ0n) is 16.1. The number of hydrogen-bond acceptors (Lipinski definition) is 4. The van der Waals surface area contributed by atoms with Gasteiger partial charge in [0.25, 0.3) is 0 Å². The molecule has 0 aliphatic rings. The van der Waals surface area contributed by atoms with Crippen molar-refractivity contribution < 1.29 is 18.7 Å². The normalized spacial score (nSPS) is 11.1. The number of benzene rings is 2. The van der Waals surface area contributed by atoms with Gasteiger partial charge in [-0.2, -0.15) is 0 Å². The average Bonchev–Trinajstić information content (AvgIpc) is 3.11. The highest BCUT2D eigenvalue weighted by Gasteiger charge is 2.16. The van der Waals surface area contributed by atoms with E-state index in [9.17, 15) is 9.18 Å². The summed E-state index contributed by atoms with van der Waals surface area (Å²) in [6, 6.07) is 13.8. The third kappa shape index (κ3) is 3.64. The van der Waals surface area contributed by atoms with Crippen LogP contribution in [-0.2, 0) is 16.1 Å². The highest BCUT2D eigenvalue weighted by molar-refractivity contribution is 5.99. The predicted molar refractivity (Wildman–Crippen MR) is 109 cm³/mol. The largest absolute Gasteiger partial charge is 0.453 e. The number of ether oxygens (including phenoxy) is 2. The number of methoxy groups -OCH3 is 1. The summed E-state index contributed by atoms with van der Waals surface area (Å²) < 4.78 is 25.7. The molecule has 0 aliphatic heterocycles. The number of carbonyl (C=O) groups excluding carboxylic acids is 1. The molecule has 2 aromatic carbocycles. The van der Waals surface area contributed by atoms with E-state index in [-0.39, 0.29) is 5.82 Å². The summed E-state index contributed by atoms with van der Waals surface area (Å²) in [6.45, 7) is 2.87. The lowest BCUT2D eigenvalue weighted by atomic mass is 10.1. The van der Waals surface area contributed by atoms with Gasteiger partial charge in [0.05, 0.1) is 25.1 Å². The van der Waals surface area contributed by atoms with Crippen LogP contribution in [-0.4, -0.2) is 29.2 Å². The van der Waals surface area contributed by atoms with E-state index in [0.717, 1.165) is 33.4 Å². The van der Waals surface area contributed by atoms with E-state index in [4.69, 9.17) is 9.72 Å². The molecular weight excluding hydrogens is 373 g/mol. The summed E-state index contributed by atoms with van der Waals surface area (Å²) in [7, 11) is 1.32. The Hall–Kier alpha value is -3.45. The van der Waals surface area contributed by atoms with Gasteiger partial charge in [0.2, 0.25) is 0 Å². The van der Waals surface area contributed by atoms with Gasteiger partial charge in [0.1, 0.15) is 11.5 Å². The molecule has 0 radical (unpaired) electrons. The van der Waals surface area contributed by atoms with Crippen LogP contribution in [0.25, 0.3) is 27.7 Å². The first kappa shape index (κ1) is 18.9. The molecule has 0 fully saturated rings. The molecule has 1 amide bonds. The van der Waals surface area contributed by atoms with Gasteiger partial charge in [-0.15, -0.1) is 0 Å². The van der Waals surface area contributed by atoms with Gasteiger partial charge in [-0.1, -0.05) is 6.07 Å². The maximum absolute atomic E-state index is 13.4. The van der Waals surface area contributed by atoms with Crippen LogP contribution in [0.1, 0.15) is 12.6 Å². The molecule has 0 saturated heterocycles. The number of aromatic nitrogens is 2. The number of halogens is 1. The molecule has 29 heavy (non-hydrogen) atoms. The smallest absolute Gasteiger partial charge is 0.411 e. The fraction of sp³-hybridized carbons (Fsp3) is 0.182. The highest BCUT2D eigenvalue weighted by atomic mass is 19.1. The standard InChI is InChI=1S/C22H20FN3O3/c1-3-29-13-19-20(15-4-7-16(23)8-5-15)25-21-18-12-17(24-22(27)28-2)9-6-14(18)10-11-26(19)21/h4-12H,3,13H2,1-2H3,(H,24,27). The van der Waals surface area contributed by atoms with Gasteiger partial charge >= 0.3 is 6.09 Å². The van der Waals surface area contributed by atoms with Crippen molar-refractivity contribution in [1.29, 1.82) is 0 Å². The van der Waals surface area contributed by atoms with Gasteiger partial charge < -0.3 is 13.9 Å². The first-order valence-corrected chi connectivity index (χ1v) is 9.23. The lowest BCUT2D eigenvalue weighted by molar-refractivity contribution is 0.131. The molecule has 0 atom stereocenters. The number of imidazole rings is 1. The highest BCUT2D eigenvalue weighted by Crippen LogP contribution is 2.30. The molecular formula is C22H20FN3O3. The van der Waals surface area contributed by atoms with Crippen LogP contribution in [0.3, 0.4) is 0 Å². The minimum atomic E-state index is -0.538. The number of hydrogen-bond donors (Lipinski definition) is 1. The Bertz CT molecular complexity index is 1190. The molecule has 148 valence electrons. The van der Waals surface area contributed by atoms with Crippen LogP contribution in [0.5, 0.6) is 0 Å². The minimum Gasteiger partial charge on any atom is -0.453 e. The molecule has 4 rings (SSSR count). The first-order chi connectivity index (χ1) is 14.1. The topological polar surface area (TPSA) is 64.9 Å². The lowest BCUT2D eigenvalue weighted by Gasteiger charge is -2.08. The number of nitrogens with one attached hydrogen (secondary N) is 1. The number of fused-ring (bicyclic) bond motifs is 3. The summed E-state index contributed by atoms with van der Waals surface area (Å²) in [5, 5.41) is 4.52. The van der Waals surface area contributed by atoms with Crippen LogP contribution in [0.15, 0.2) is 54.7 Å². The zero-order valence-corrected chi connectivity index (χ0v) is 16.1. The fourth-order valence-electron chi connectivity index (χ4n) is 3.29. The number of amides is 1. The Kier molecular flexibility index (Phi) is 5.14. The van der Waals surface area contributed by atoms with Crippen LogP contribution >= 0.6 is 0 Å². The summed E-state index contributed by atoms with van der Waals surface area (Å²) in [6.07, 6.45) is 1.41. The molecule has 0 aliphatic carbocycles. The molecule has 7 heteroatoms. The maximum atomic E-state index is 13.4. The number of nitrogens with zero attached hydrogens (tertiary/aromatic N) is 2. The quantitative estimate of drug-likeness (QED) is 0.518. The summed E-state index contributed by atoms with van der Waals surface area (Å²) >= 11 is 0. The third-order valence-electron chi connectivity index (χ3n) is 4.70. The Balaban J connectivity index is 1.92. The van der Waals surface area contributed by atoms with E-state index in [1.807, 2.05) is 35.7 Å². The molecule has 0 bridgehead atoms.